The first-order valence-electron chi connectivity index (χ1n) is 3.37. The quantitative estimate of drug-likeness (QED) is 0.506. The number of aliphatic imine (C=N–C) groups is 1. The summed E-state index contributed by atoms with van der Waals surface area (Å²) in [6, 6.07) is 1.84. The fourth-order valence-corrected chi connectivity index (χ4v) is 0.693. The first kappa shape index (κ1) is 7.78. The van der Waals surface area contributed by atoms with E-state index in [1.165, 1.54) is 0 Å². The van der Waals surface area contributed by atoms with Crippen LogP contribution in [0.3, 0.4) is 0 Å². The van der Waals surface area contributed by atoms with E-state index in [9.17, 15) is 0 Å². The van der Waals surface area contributed by atoms with E-state index < -0.39 is 0 Å². The van der Waals surface area contributed by atoms with Crippen LogP contribution in [-0.2, 0) is 6.54 Å². The largest absolute Gasteiger partial charge is 0.388 e. The van der Waals surface area contributed by atoms with Gasteiger partial charge in [-0.2, -0.15) is 0 Å². The van der Waals surface area contributed by atoms with Gasteiger partial charge in [0.15, 0.2) is 5.76 Å². The molecule has 0 aromatic carbocycles. The van der Waals surface area contributed by atoms with Crippen LogP contribution in [0.4, 0.5) is 0 Å². The van der Waals surface area contributed by atoms with E-state index in [1.54, 1.807) is 6.92 Å². The smallest absolute Gasteiger partial charge is 0.158 e. The number of hydrogen-bond acceptors (Lipinski definition) is 3. The van der Waals surface area contributed by atoms with Gasteiger partial charge >= 0.3 is 0 Å². The standard InChI is InChI=1S/C7H11N3O/c1-5-3-7(11-10-5)4-9-6(2)8/h3H,4H2,1-2H3,(H2,8,9). The molecule has 1 aromatic rings. The summed E-state index contributed by atoms with van der Waals surface area (Å²) in [5.41, 5.74) is 6.20. The third-order valence-corrected chi connectivity index (χ3v) is 1.16. The van der Waals surface area contributed by atoms with Gasteiger partial charge in [0.2, 0.25) is 0 Å². The highest BCUT2D eigenvalue weighted by atomic mass is 16.5. The predicted molar refractivity (Wildman–Crippen MR) is 42.2 cm³/mol. The molecule has 0 radical (unpaired) electrons. The molecule has 1 aromatic heterocycles. The fraction of sp³-hybridized carbons (Fsp3) is 0.429. The fourth-order valence-electron chi connectivity index (χ4n) is 0.693. The maximum atomic E-state index is 5.33. The second kappa shape index (κ2) is 3.18. The average Bonchev–Trinajstić information content (AvgIpc) is 2.31. The Morgan fingerprint density at radius 1 is 1.82 bits per heavy atom. The zero-order valence-electron chi connectivity index (χ0n) is 6.66. The Kier molecular flexibility index (Phi) is 2.25. The Hall–Kier alpha value is -1.32. The topological polar surface area (TPSA) is 64.4 Å². The van der Waals surface area contributed by atoms with Crippen LogP contribution in [0.2, 0.25) is 0 Å². The van der Waals surface area contributed by atoms with Crippen LogP contribution in [0.25, 0.3) is 0 Å². The van der Waals surface area contributed by atoms with Gasteiger partial charge in [-0.15, -0.1) is 0 Å². The lowest BCUT2D eigenvalue weighted by atomic mass is 10.4. The SMILES string of the molecule is CC(N)=NCc1cc(C)no1. The van der Waals surface area contributed by atoms with Gasteiger partial charge < -0.3 is 10.3 Å². The van der Waals surface area contributed by atoms with Gasteiger partial charge in [-0.3, -0.25) is 4.99 Å². The van der Waals surface area contributed by atoms with Crippen LogP contribution in [0.15, 0.2) is 15.6 Å². The second-order valence-corrected chi connectivity index (χ2v) is 2.39. The van der Waals surface area contributed by atoms with Crippen LogP contribution in [0.5, 0.6) is 0 Å². The minimum atomic E-state index is 0.475. The molecular weight excluding hydrogens is 142 g/mol. The van der Waals surface area contributed by atoms with Crippen LogP contribution < -0.4 is 5.73 Å². The monoisotopic (exact) mass is 153 g/mol. The molecule has 0 saturated carbocycles. The van der Waals surface area contributed by atoms with E-state index in [1.807, 2.05) is 13.0 Å². The Bertz CT molecular complexity index is 260. The molecule has 0 saturated heterocycles. The number of aromatic nitrogens is 1. The Morgan fingerprint density at radius 2 is 2.55 bits per heavy atom. The van der Waals surface area contributed by atoms with Crippen molar-refractivity contribution in [1.82, 2.24) is 5.16 Å². The molecule has 0 aliphatic rings. The van der Waals surface area contributed by atoms with Crippen molar-refractivity contribution in [2.24, 2.45) is 10.7 Å². The molecule has 1 rings (SSSR count). The van der Waals surface area contributed by atoms with Crippen molar-refractivity contribution in [1.29, 1.82) is 0 Å². The van der Waals surface area contributed by atoms with E-state index in [4.69, 9.17) is 10.3 Å². The summed E-state index contributed by atoms with van der Waals surface area (Å²) in [6.45, 7) is 4.08. The molecule has 0 fully saturated rings. The number of rotatable bonds is 2. The molecule has 2 N–H and O–H groups in total. The molecule has 0 unspecified atom stereocenters. The number of hydrogen-bond donors (Lipinski definition) is 1. The summed E-state index contributed by atoms with van der Waals surface area (Å²) in [5, 5.41) is 3.71. The number of aryl methyl sites for hydroxylation is 1. The van der Waals surface area contributed by atoms with Crippen LogP contribution in [0, 0.1) is 6.92 Å². The highest BCUT2D eigenvalue weighted by molar-refractivity contribution is 5.77. The molecule has 4 heteroatoms. The Morgan fingerprint density at radius 3 is 3.00 bits per heavy atom. The third-order valence-electron chi connectivity index (χ3n) is 1.16. The molecule has 4 nitrogen and oxygen atoms in total. The third kappa shape index (κ3) is 2.41. The van der Waals surface area contributed by atoms with E-state index in [2.05, 4.69) is 10.1 Å². The van der Waals surface area contributed by atoms with Gasteiger partial charge in [-0.1, -0.05) is 5.16 Å². The first-order chi connectivity index (χ1) is 5.18. The number of amidine groups is 1. The normalized spacial score (nSPS) is 12.0. The van der Waals surface area contributed by atoms with Crippen LogP contribution in [0.1, 0.15) is 18.4 Å². The van der Waals surface area contributed by atoms with Crippen molar-refractivity contribution in [3.63, 3.8) is 0 Å². The van der Waals surface area contributed by atoms with Crippen LogP contribution >= 0.6 is 0 Å². The molecule has 0 atom stereocenters. The van der Waals surface area contributed by atoms with Crippen LogP contribution in [-0.4, -0.2) is 11.0 Å². The highest BCUT2D eigenvalue weighted by Crippen LogP contribution is 2.02. The van der Waals surface area contributed by atoms with Gasteiger partial charge in [-0.25, -0.2) is 0 Å². The predicted octanol–water partition coefficient (Wildman–Crippen LogP) is 0.860. The Labute approximate surface area is 65.1 Å². The molecule has 0 spiro atoms. The zero-order valence-corrected chi connectivity index (χ0v) is 6.66. The summed E-state index contributed by atoms with van der Waals surface area (Å²) in [5.74, 6) is 1.30. The van der Waals surface area contributed by atoms with E-state index in [0.29, 0.717) is 12.4 Å². The van der Waals surface area contributed by atoms with Crippen molar-refractivity contribution < 1.29 is 4.52 Å². The second-order valence-electron chi connectivity index (χ2n) is 2.39. The molecule has 0 aliphatic carbocycles. The maximum absolute atomic E-state index is 5.33. The Balaban J connectivity index is 2.58. The van der Waals surface area contributed by atoms with Crippen molar-refractivity contribution >= 4 is 5.84 Å². The highest BCUT2D eigenvalue weighted by Gasteiger charge is 1.97. The van der Waals surface area contributed by atoms with E-state index in [0.717, 1.165) is 11.5 Å². The molecule has 0 aliphatic heterocycles. The molecule has 0 amide bonds. The summed E-state index contributed by atoms with van der Waals surface area (Å²) in [6.07, 6.45) is 0. The lowest BCUT2D eigenvalue weighted by molar-refractivity contribution is 0.381. The number of nitrogens with zero attached hydrogens (tertiary/aromatic N) is 2. The molecule has 60 valence electrons. The van der Waals surface area contributed by atoms with Crippen molar-refractivity contribution in [3.8, 4) is 0 Å². The summed E-state index contributed by atoms with van der Waals surface area (Å²) in [7, 11) is 0. The lowest BCUT2D eigenvalue weighted by Crippen LogP contribution is -2.05. The molecular formula is C7H11N3O. The van der Waals surface area contributed by atoms with Crippen molar-refractivity contribution in [2.75, 3.05) is 0 Å². The lowest BCUT2D eigenvalue weighted by Gasteiger charge is -1.87. The maximum Gasteiger partial charge on any atom is 0.158 e. The van der Waals surface area contributed by atoms with Gasteiger partial charge in [-0.05, 0) is 13.8 Å². The summed E-state index contributed by atoms with van der Waals surface area (Å²) in [4.78, 5) is 3.97. The molecule has 0 bridgehead atoms. The molecule has 1 heterocycles. The van der Waals surface area contributed by atoms with Gasteiger partial charge in [0.1, 0.15) is 6.54 Å². The molecule has 11 heavy (non-hydrogen) atoms. The van der Waals surface area contributed by atoms with E-state index >= 15 is 0 Å². The van der Waals surface area contributed by atoms with E-state index in [-0.39, 0.29) is 0 Å². The number of nitrogens with two attached hydrogens (primary N) is 1. The van der Waals surface area contributed by atoms with Gasteiger partial charge in [0.05, 0.1) is 11.5 Å². The zero-order chi connectivity index (χ0) is 8.27. The summed E-state index contributed by atoms with van der Waals surface area (Å²) >= 11 is 0. The van der Waals surface area contributed by atoms with Gasteiger partial charge in [0.25, 0.3) is 0 Å². The minimum Gasteiger partial charge on any atom is -0.388 e. The first-order valence-corrected chi connectivity index (χ1v) is 3.37. The van der Waals surface area contributed by atoms with Crippen molar-refractivity contribution in [3.05, 3.63) is 17.5 Å². The summed E-state index contributed by atoms with van der Waals surface area (Å²) < 4.78 is 4.90. The average molecular weight is 153 g/mol. The minimum absolute atomic E-state index is 0.475. The van der Waals surface area contributed by atoms with Gasteiger partial charge in [0, 0.05) is 6.07 Å². The van der Waals surface area contributed by atoms with Crippen molar-refractivity contribution in [2.45, 2.75) is 20.4 Å².